The van der Waals surface area contributed by atoms with Crippen LogP contribution in [0.3, 0.4) is 0 Å². The Bertz CT molecular complexity index is 799. The predicted molar refractivity (Wildman–Crippen MR) is 103 cm³/mol. The Morgan fingerprint density at radius 3 is 1.38 bits per heavy atom. The van der Waals surface area contributed by atoms with E-state index >= 15 is 0 Å². The van der Waals surface area contributed by atoms with Gasteiger partial charge in [0.05, 0.1) is 41.5 Å². The zero-order valence-corrected chi connectivity index (χ0v) is 17.5. The second kappa shape index (κ2) is 11.8. The average molecular weight is 450 g/mol. The zero-order valence-electron chi connectivity index (χ0n) is 16.5. The number of nitrogens with zero attached hydrogens (tertiary/aromatic N) is 2. The molecule has 0 spiro atoms. The van der Waals surface area contributed by atoms with Gasteiger partial charge in [-0.2, -0.15) is 0 Å². The van der Waals surface area contributed by atoms with Gasteiger partial charge in [0.15, 0.2) is 0 Å². The Kier molecular flexibility index (Phi) is 9.85. The van der Waals surface area contributed by atoms with Crippen LogP contribution in [-0.2, 0) is 17.1 Å². The third kappa shape index (κ3) is 6.30. The standard InChI is InChI=1S/C20H24N2O6.Cu/c1-25-13-7-17(23)15(19(9-13)27-3)11-21-5-6-22-12-16-18(24)8-14(26-2)10-20(16)28-4;/h7-12,23-24H,5-6H2,1-4H3;/q;+2/p-2. The number of hydrogen-bond acceptors (Lipinski definition) is 8. The summed E-state index contributed by atoms with van der Waals surface area (Å²) in [7, 11) is 5.90. The number of methoxy groups -OCH3 is 4. The van der Waals surface area contributed by atoms with Gasteiger partial charge in [-0.3, -0.25) is 9.98 Å². The van der Waals surface area contributed by atoms with Crippen molar-refractivity contribution in [2.24, 2.45) is 9.98 Å². The SMILES string of the molecule is COc1cc([O-])c(C=NCCN=Cc2c([O-])cc(OC)cc2OC)c(OC)c1.[Cu+2]. The molecule has 0 aliphatic carbocycles. The number of rotatable bonds is 9. The maximum atomic E-state index is 12.1. The Balaban J connectivity index is 0.00000420. The smallest absolute Gasteiger partial charge is 0.872 e. The Morgan fingerprint density at radius 2 is 1.07 bits per heavy atom. The molecular weight excluding hydrogens is 428 g/mol. The number of aliphatic imine (C=N–C) groups is 2. The van der Waals surface area contributed by atoms with Gasteiger partial charge in [0, 0.05) is 35.7 Å². The van der Waals surface area contributed by atoms with Crippen LogP contribution >= 0.6 is 0 Å². The number of ether oxygens (including phenoxy) is 4. The summed E-state index contributed by atoms with van der Waals surface area (Å²) in [6.45, 7) is 0.662. The molecule has 159 valence electrons. The van der Waals surface area contributed by atoms with Gasteiger partial charge < -0.3 is 29.2 Å². The fourth-order valence-electron chi connectivity index (χ4n) is 2.41. The van der Waals surface area contributed by atoms with Gasteiger partial charge in [-0.15, -0.1) is 0 Å². The molecule has 29 heavy (non-hydrogen) atoms. The molecule has 0 unspecified atom stereocenters. The molecule has 0 atom stereocenters. The molecule has 0 amide bonds. The number of hydrogen-bond donors (Lipinski definition) is 0. The monoisotopic (exact) mass is 449 g/mol. The second-order valence-electron chi connectivity index (χ2n) is 5.55. The summed E-state index contributed by atoms with van der Waals surface area (Å²) in [6, 6.07) is 5.97. The van der Waals surface area contributed by atoms with Gasteiger partial charge in [-0.05, 0) is 12.1 Å². The summed E-state index contributed by atoms with van der Waals surface area (Å²) in [6.07, 6.45) is 2.90. The van der Waals surface area contributed by atoms with Crippen molar-refractivity contribution in [3.05, 3.63) is 35.4 Å². The zero-order chi connectivity index (χ0) is 20.5. The minimum absolute atomic E-state index is 0. The van der Waals surface area contributed by atoms with E-state index in [1.165, 1.54) is 53.0 Å². The first kappa shape index (κ1) is 24.1. The average Bonchev–Trinajstić information content (AvgIpc) is 2.71. The third-order valence-corrected chi connectivity index (χ3v) is 3.87. The topological polar surface area (TPSA) is 108 Å². The van der Waals surface area contributed by atoms with Crippen LogP contribution in [0, 0.1) is 0 Å². The molecule has 0 bridgehead atoms. The third-order valence-electron chi connectivity index (χ3n) is 3.87. The largest absolute Gasteiger partial charge is 2.00 e. The first-order valence-corrected chi connectivity index (χ1v) is 8.39. The van der Waals surface area contributed by atoms with Crippen molar-refractivity contribution in [2.45, 2.75) is 0 Å². The molecule has 0 saturated heterocycles. The molecule has 0 heterocycles. The second-order valence-corrected chi connectivity index (χ2v) is 5.55. The van der Waals surface area contributed by atoms with Crippen molar-refractivity contribution in [1.82, 2.24) is 0 Å². The molecular formula is C20H22CuN2O6. The fraction of sp³-hybridized carbons (Fsp3) is 0.300. The minimum atomic E-state index is -0.248. The Morgan fingerprint density at radius 1 is 0.690 bits per heavy atom. The van der Waals surface area contributed by atoms with Crippen molar-refractivity contribution in [2.75, 3.05) is 41.5 Å². The molecule has 0 N–H and O–H groups in total. The molecule has 1 radical (unpaired) electrons. The van der Waals surface area contributed by atoms with E-state index in [9.17, 15) is 10.2 Å². The first-order chi connectivity index (χ1) is 13.5. The molecule has 9 heteroatoms. The van der Waals surface area contributed by atoms with Gasteiger partial charge in [0.25, 0.3) is 0 Å². The Hall–Kier alpha value is -2.90. The van der Waals surface area contributed by atoms with Crippen LogP contribution in [0.5, 0.6) is 34.5 Å². The number of benzene rings is 2. The summed E-state index contributed by atoms with van der Waals surface area (Å²) in [5, 5.41) is 24.2. The van der Waals surface area contributed by atoms with E-state index in [-0.39, 0.29) is 28.6 Å². The van der Waals surface area contributed by atoms with Crippen LogP contribution in [0.25, 0.3) is 0 Å². The van der Waals surface area contributed by atoms with E-state index in [0.29, 0.717) is 47.2 Å². The van der Waals surface area contributed by atoms with Crippen LogP contribution in [0.1, 0.15) is 11.1 Å². The van der Waals surface area contributed by atoms with Crippen LogP contribution in [0.15, 0.2) is 34.3 Å². The van der Waals surface area contributed by atoms with Gasteiger partial charge in [-0.1, -0.05) is 11.5 Å². The van der Waals surface area contributed by atoms with E-state index < -0.39 is 0 Å². The summed E-state index contributed by atoms with van der Waals surface area (Å²) in [5.41, 5.74) is 0.678. The van der Waals surface area contributed by atoms with E-state index in [1.807, 2.05) is 0 Å². The van der Waals surface area contributed by atoms with Crippen LogP contribution in [0.2, 0.25) is 0 Å². The van der Waals surface area contributed by atoms with Gasteiger partial charge in [-0.25, -0.2) is 0 Å². The minimum Gasteiger partial charge on any atom is -0.872 e. The van der Waals surface area contributed by atoms with Crippen LogP contribution < -0.4 is 29.2 Å². The van der Waals surface area contributed by atoms with Gasteiger partial charge in [0.1, 0.15) is 23.0 Å². The molecule has 2 aromatic carbocycles. The molecule has 0 aliphatic heterocycles. The maximum Gasteiger partial charge on any atom is 2.00 e. The van der Waals surface area contributed by atoms with Crippen LogP contribution in [-0.4, -0.2) is 54.0 Å². The maximum absolute atomic E-state index is 12.1. The molecule has 2 rings (SSSR count). The summed E-state index contributed by atoms with van der Waals surface area (Å²) >= 11 is 0. The summed E-state index contributed by atoms with van der Waals surface area (Å²) < 4.78 is 20.5. The van der Waals surface area contributed by atoms with Gasteiger partial charge in [0.2, 0.25) is 0 Å². The van der Waals surface area contributed by atoms with E-state index in [1.54, 1.807) is 12.1 Å². The van der Waals surface area contributed by atoms with Crippen molar-refractivity contribution >= 4 is 12.4 Å². The fourth-order valence-corrected chi connectivity index (χ4v) is 2.41. The van der Waals surface area contributed by atoms with E-state index in [2.05, 4.69) is 9.98 Å². The van der Waals surface area contributed by atoms with E-state index in [4.69, 9.17) is 18.9 Å². The van der Waals surface area contributed by atoms with Crippen molar-refractivity contribution in [3.63, 3.8) is 0 Å². The molecule has 2 aromatic rings. The predicted octanol–water partition coefficient (Wildman–Crippen LogP) is 1.40. The molecule has 0 fully saturated rings. The van der Waals surface area contributed by atoms with Crippen molar-refractivity contribution in [1.29, 1.82) is 0 Å². The molecule has 0 aromatic heterocycles. The summed E-state index contributed by atoms with van der Waals surface area (Å²) in [5.74, 6) is 1.12. The first-order valence-electron chi connectivity index (χ1n) is 8.39. The Labute approximate surface area is 180 Å². The molecule has 8 nitrogen and oxygen atoms in total. The summed E-state index contributed by atoms with van der Waals surface area (Å²) in [4.78, 5) is 8.40. The van der Waals surface area contributed by atoms with E-state index in [0.717, 1.165) is 0 Å². The van der Waals surface area contributed by atoms with Crippen LogP contribution in [0.4, 0.5) is 0 Å². The quantitative estimate of drug-likeness (QED) is 0.325. The normalized spacial score (nSPS) is 10.8. The molecule has 0 aliphatic rings. The molecule has 0 saturated carbocycles. The van der Waals surface area contributed by atoms with Gasteiger partial charge >= 0.3 is 17.1 Å². The van der Waals surface area contributed by atoms with Crippen molar-refractivity contribution in [3.8, 4) is 34.5 Å². The van der Waals surface area contributed by atoms with Crippen molar-refractivity contribution < 1.29 is 46.2 Å².